The third-order valence-electron chi connectivity index (χ3n) is 1.77. The lowest BCUT2D eigenvalue weighted by molar-refractivity contribution is 1.19. The number of hydrogen-bond acceptors (Lipinski definition) is 3. The molecule has 0 rings (SSSR count). The summed E-state index contributed by atoms with van der Waals surface area (Å²) in [6.45, 7) is 18.6. The van der Waals surface area contributed by atoms with Crippen LogP contribution in [0, 0.1) is 0 Å². The zero-order valence-corrected chi connectivity index (χ0v) is 15.7. The molecule has 0 bridgehead atoms. The largest absolute Gasteiger partial charge is 0.354 e. The highest BCUT2D eigenvalue weighted by Crippen LogP contribution is 2.05. The lowest BCUT2D eigenvalue weighted by atomic mass is 11.9. The van der Waals surface area contributed by atoms with Gasteiger partial charge in [0.2, 0.25) is 8.40 Å². The molecule has 0 spiro atoms. The van der Waals surface area contributed by atoms with Gasteiger partial charge in [0.15, 0.2) is 8.40 Å². The van der Waals surface area contributed by atoms with Crippen molar-refractivity contribution in [3.63, 3.8) is 0 Å². The van der Waals surface area contributed by atoms with E-state index in [1.54, 1.807) is 0 Å². The second kappa shape index (κ2) is 5.78. The van der Waals surface area contributed by atoms with Crippen LogP contribution >= 0.6 is 0 Å². The molecule has 7 heteroatoms. The normalized spacial score (nSPS) is 13.1. The molecule has 90 valence electrons. The van der Waals surface area contributed by atoms with Crippen LogP contribution in [0.3, 0.4) is 0 Å². The SMILES string of the molecule is C[Si](C)=N[Si](C)(C)N[Si](C)(C)N[SiH](C)C. The fraction of sp³-hybridized carbons (Fsp3) is 1.00. The van der Waals surface area contributed by atoms with Crippen molar-refractivity contribution < 1.29 is 0 Å². The van der Waals surface area contributed by atoms with E-state index in [0.717, 1.165) is 0 Å². The Labute approximate surface area is 100 Å². The maximum atomic E-state index is 4.94. The van der Waals surface area contributed by atoms with Gasteiger partial charge in [-0.3, -0.25) is 0 Å². The average molecular weight is 278 g/mol. The lowest BCUT2D eigenvalue weighted by Gasteiger charge is -2.34. The Morgan fingerprint density at radius 3 is 1.87 bits per heavy atom. The molecule has 0 saturated heterocycles. The Morgan fingerprint density at radius 2 is 1.53 bits per heavy atom. The first-order valence-corrected chi connectivity index (χ1v) is 16.9. The first kappa shape index (κ1) is 15.6. The van der Waals surface area contributed by atoms with Gasteiger partial charge in [0.1, 0.15) is 8.59 Å². The van der Waals surface area contributed by atoms with Crippen molar-refractivity contribution in [2.45, 2.75) is 52.4 Å². The van der Waals surface area contributed by atoms with Crippen LogP contribution in [0.2, 0.25) is 52.4 Å². The van der Waals surface area contributed by atoms with Crippen LogP contribution in [0.4, 0.5) is 0 Å². The number of rotatable bonds is 5. The Kier molecular flexibility index (Phi) is 6.01. The second-order valence-electron chi connectivity index (χ2n) is 5.67. The summed E-state index contributed by atoms with van der Waals surface area (Å²) in [6.07, 6.45) is 0. The Hall–Kier alpha value is 0.588. The van der Waals surface area contributed by atoms with E-state index in [-0.39, 0.29) is 0 Å². The summed E-state index contributed by atoms with van der Waals surface area (Å²) >= 11 is 0. The van der Waals surface area contributed by atoms with Crippen LogP contribution in [-0.4, -0.2) is 34.3 Å². The molecule has 0 atom stereocenters. The van der Waals surface area contributed by atoms with Crippen molar-refractivity contribution in [2.75, 3.05) is 0 Å². The van der Waals surface area contributed by atoms with Gasteiger partial charge in [-0.1, -0.05) is 13.1 Å². The van der Waals surface area contributed by atoms with E-state index in [1.807, 2.05) is 0 Å². The zero-order chi connectivity index (χ0) is 12.3. The van der Waals surface area contributed by atoms with Crippen LogP contribution < -0.4 is 9.30 Å². The van der Waals surface area contributed by atoms with Gasteiger partial charge in [-0.2, -0.15) is 0 Å². The summed E-state index contributed by atoms with van der Waals surface area (Å²) in [6, 6.07) is 0. The summed E-state index contributed by atoms with van der Waals surface area (Å²) < 4.78 is 12.6. The molecular weight excluding hydrogens is 250 g/mol. The van der Waals surface area contributed by atoms with Crippen LogP contribution in [0.15, 0.2) is 4.30 Å². The van der Waals surface area contributed by atoms with Gasteiger partial charge in [-0.25, -0.2) is 0 Å². The van der Waals surface area contributed by atoms with E-state index in [2.05, 4.69) is 61.7 Å². The van der Waals surface area contributed by atoms with E-state index in [4.69, 9.17) is 4.30 Å². The van der Waals surface area contributed by atoms with Gasteiger partial charge in [0.25, 0.3) is 0 Å². The van der Waals surface area contributed by atoms with Crippen LogP contribution in [0.25, 0.3) is 0 Å². The molecule has 0 aliphatic carbocycles. The first-order chi connectivity index (χ1) is 6.54. The molecule has 15 heavy (non-hydrogen) atoms. The van der Waals surface area contributed by atoms with Crippen molar-refractivity contribution in [1.82, 2.24) is 9.30 Å². The van der Waals surface area contributed by atoms with Crippen molar-refractivity contribution in [1.29, 1.82) is 0 Å². The van der Waals surface area contributed by atoms with Gasteiger partial charge >= 0.3 is 0 Å². The van der Waals surface area contributed by atoms with Crippen LogP contribution in [0.1, 0.15) is 0 Å². The maximum Gasteiger partial charge on any atom is 0.229 e. The molecule has 0 aromatic heterocycles. The predicted molar refractivity (Wildman–Crippen MR) is 80.0 cm³/mol. The lowest BCUT2D eigenvalue weighted by Crippen LogP contribution is -2.68. The summed E-state index contributed by atoms with van der Waals surface area (Å²) in [4.78, 5) is 0. The minimum atomic E-state index is -1.53. The van der Waals surface area contributed by atoms with Crippen LogP contribution in [0.5, 0.6) is 0 Å². The number of nitrogens with zero attached hydrogens (tertiary/aromatic N) is 1. The van der Waals surface area contributed by atoms with Crippen molar-refractivity contribution in [3.8, 4) is 0 Å². The second-order valence-corrected chi connectivity index (χ2v) is 19.3. The molecular formula is C8H27N3Si4. The molecule has 3 nitrogen and oxygen atoms in total. The standard InChI is InChI=1S/C8H27N3Si4/c1-12(2)9-14(5,6)11-15(7,8)10-13(3)4/h9,11-12H,1-8H3. The summed E-state index contributed by atoms with van der Waals surface area (Å²) in [5.41, 5.74) is 0. The highest BCUT2D eigenvalue weighted by molar-refractivity contribution is 6.94. The summed E-state index contributed by atoms with van der Waals surface area (Å²) in [7, 11) is -4.09. The molecule has 0 fully saturated rings. The molecule has 0 aliphatic rings. The third kappa shape index (κ3) is 8.40. The monoisotopic (exact) mass is 277 g/mol. The molecule has 0 radical (unpaired) electrons. The van der Waals surface area contributed by atoms with E-state index < -0.39 is 34.3 Å². The summed E-state index contributed by atoms with van der Waals surface area (Å²) in [5.74, 6) is 0. The van der Waals surface area contributed by atoms with Crippen molar-refractivity contribution in [2.24, 2.45) is 4.30 Å². The molecule has 0 heterocycles. The van der Waals surface area contributed by atoms with E-state index in [9.17, 15) is 0 Å². The van der Waals surface area contributed by atoms with Crippen LogP contribution in [-0.2, 0) is 0 Å². The smallest absolute Gasteiger partial charge is 0.229 e. The Morgan fingerprint density at radius 1 is 1.07 bits per heavy atom. The third-order valence-corrected chi connectivity index (χ3v) is 15.9. The number of nitrogens with one attached hydrogen (secondary N) is 2. The maximum absolute atomic E-state index is 4.94. The molecule has 0 aromatic carbocycles. The average Bonchev–Trinajstić information content (AvgIpc) is 1.73. The minimum absolute atomic E-state index is 0.461. The molecule has 0 aliphatic heterocycles. The summed E-state index contributed by atoms with van der Waals surface area (Å²) in [5, 5.41) is 0. The Bertz CT molecular complexity index is 234. The Balaban J connectivity index is 4.50. The topological polar surface area (TPSA) is 36.4 Å². The minimum Gasteiger partial charge on any atom is -0.354 e. The van der Waals surface area contributed by atoms with E-state index in [1.165, 1.54) is 0 Å². The van der Waals surface area contributed by atoms with Gasteiger partial charge < -0.3 is 13.6 Å². The first-order valence-electron chi connectivity index (χ1n) is 5.64. The molecule has 0 aromatic rings. The van der Waals surface area contributed by atoms with E-state index >= 15 is 0 Å². The molecule has 0 saturated carbocycles. The zero-order valence-electron chi connectivity index (χ0n) is 11.5. The number of hydrogen-bond donors (Lipinski definition) is 2. The molecule has 0 unspecified atom stereocenters. The van der Waals surface area contributed by atoms with Crippen molar-refractivity contribution >= 4 is 34.3 Å². The van der Waals surface area contributed by atoms with Gasteiger partial charge in [0, 0.05) is 0 Å². The van der Waals surface area contributed by atoms with Gasteiger partial charge in [-0.05, 0) is 39.3 Å². The predicted octanol–water partition coefficient (Wildman–Crippen LogP) is 2.07. The quantitative estimate of drug-likeness (QED) is 0.755. The fourth-order valence-corrected chi connectivity index (χ4v) is 20.1. The highest BCUT2D eigenvalue weighted by Gasteiger charge is 2.31. The molecule has 2 N–H and O–H groups in total. The van der Waals surface area contributed by atoms with Gasteiger partial charge in [0.05, 0.1) is 8.96 Å². The van der Waals surface area contributed by atoms with Crippen molar-refractivity contribution in [3.05, 3.63) is 0 Å². The fourth-order valence-electron chi connectivity index (χ4n) is 2.11. The highest BCUT2D eigenvalue weighted by atomic mass is 28.4. The van der Waals surface area contributed by atoms with Gasteiger partial charge in [-0.15, -0.1) is 0 Å². The molecule has 0 amide bonds. The van der Waals surface area contributed by atoms with E-state index in [0.29, 0.717) is 0 Å².